The maximum atomic E-state index is 11.3. The Bertz CT molecular complexity index is 380. The maximum absolute atomic E-state index is 11.3. The van der Waals surface area contributed by atoms with Crippen molar-refractivity contribution in [2.24, 2.45) is 5.73 Å². The van der Waals surface area contributed by atoms with Crippen molar-refractivity contribution < 1.29 is 9.53 Å². The standard InChI is InChI=1S/C13H19NO2.ClH/c1-4-16-13(15)8-12(14)11-7-5-6-9(2)10(11)3;/h5-7,12H,4,8,14H2,1-3H3;1H/t12-;/m1./s1. The molecule has 0 amide bonds. The molecular formula is C13H20ClNO2. The zero-order chi connectivity index (χ0) is 12.1. The van der Waals surface area contributed by atoms with E-state index in [0.717, 1.165) is 11.1 Å². The molecule has 1 atom stereocenters. The van der Waals surface area contributed by atoms with E-state index in [1.807, 2.05) is 32.0 Å². The van der Waals surface area contributed by atoms with Crippen LogP contribution in [0.3, 0.4) is 0 Å². The third kappa shape index (κ3) is 4.36. The Morgan fingerprint density at radius 2 is 2.06 bits per heavy atom. The molecule has 0 bridgehead atoms. The highest BCUT2D eigenvalue weighted by Gasteiger charge is 2.14. The van der Waals surface area contributed by atoms with Crippen LogP contribution >= 0.6 is 12.4 Å². The Hall–Kier alpha value is -1.06. The van der Waals surface area contributed by atoms with Gasteiger partial charge in [0.25, 0.3) is 0 Å². The van der Waals surface area contributed by atoms with E-state index in [1.54, 1.807) is 6.92 Å². The van der Waals surface area contributed by atoms with Crippen LogP contribution in [0.4, 0.5) is 0 Å². The predicted octanol–water partition coefficient (Wildman–Crippen LogP) is 2.68. The van der Waals surface area contributed by atoms with Crippen LogP contribution < -0.4 is 5.73 Å². The van der Waals surface area contributed by atoms with Gasteiger partial charge in [0.15, 0.2) is 0 Å². The monoisotopic (exact) mass is 257 g/mol. The Labute approximate surface area is 109 Å². The van der Waals surface area contributed by atoms with Crippen molar-refractivity contribution in [1.82, 2.24) is 0 Å². The number of aryl methyl sites for hydroxylation is 1. The van der Waals surface area contributed by atoms with E-state index in [2.05, 4.69) is 0 Å². The highest BCUT2D eigenvalue weighted by Crippen LogP contribution is 2.21. The number of nitrogens with two attached hydrogens (primary N) is 1. The van der Waals surface area contributed by atoms with Crippen molar-refractivity contribution in [3.05, 3.63) is 34.9 Å². The fourth-order valence-corrected chi connectivity index (χ4v) is 1.68. The molecule has 96 valence electrons. The number of carbonyl (C=O) groups is 1. The minimum Gasteiger partial charge on any atom is -0.466 e. The molecule has 0 fully saturated rings. The number of carbonyl (C=O) groups excluding carboxylic acids is 1. The van der Waals surface area contributed by atoms with E-state index in [1.165, 1.54) is 5.56 Å². The van der Waals surface area contributed by atoms with Crippen LogP contribution in [0.25, 0.3) is 0 Å². The largest absolute Gasteiger partial charge is 0.466 e. The normalized spacial score (nSPS) is 11.5. The van der Waals surface area contributed by atoms with E-state index < -0.39 is 0 Å². The molecule has 0 saturated carbocycles. The second kappa shape index (κ2) is 7.30. The third-order valence-electron chi connectivity index (χ3n) is 2.74. The summed E-state index contributed by atoms with van der Waals surface area (Å²) in [5.41, 5.74) is 9.36. The van der Waals surface area contributed by atoms with Gasteiger partial charge in [-0.25, -0.2) is 0 Å². The van der Waals surface area contributed by atoms with Crippen molar-refractivity contribution in [1.29, 1.82) is 0 Å². The van der Waals surface area contributed by atoms with Gasteiger partial charge in [-0.05, 0) is 37.5 Å². The topological polar surface area (TPSA) is 52.3 Å². The van der Waals surface area contributed by atoms with Crippen LogP contribution in [0.2, 0.25) is 0 Å². The molecule has 3 nitrogen and oxygen atoms in total. The summed E-state index contributed by atoms with van der Waals surface area (Å²) in [5.74, 6) is -0.240. The highest BCUT2D eigenvalue weighted by atomic mass is 35.5. The van der Waals surface area contributed by atoms with Crippen molar-refractivity contribution in [3.8, 4) is 0 Å². The van der Waals surface area contributed by atoms with Crippen molar-refractivity contribution in [2.45, 2.75) is 33.2 Å². The molecule has 0 aliphatic heterocycles. The minimum atomic E-state index is -0.279. The first-order valence-corrected chi connectivity index (χ1v) is 5.53. The molecule has 1 aromatic rings. The summed E-state index contributed by atoms with van der Waals surface area (Å²) in [6, 6.07) is 5.68. The van der Waals surface area contributed by atoms with Gasteiger partial charge in [0, 0.05) is 6.04 Å². The summed E-state index contributed by atoms with van der Waals surface area (Å²) >= 11 is 0. The van der Waals surface area contributed by atoms with Crippen LogP contribution in [0.5, 0.6) is 0 Å². The second-order valence-electron chi connectivity index (χ2n) is 3.90. The average molecular weight is 258 g/mol. The summed E-state index contributed by atoms with van der Waals surface area (Å²) in [6.45, 7) is 6.26. The van der Waals surface area contributed by atoms with E-state index in [0.29, 0.717) is 6.61 Å². The summed E-state index contributed by atoms with van der Waals surface area (Å²) in [4.78, 5) is 11.3. The van der Waals surface area contributed by atoms with Gasteiger partial charge >= 0.3 is 5.97 Å². The molecular weight excluding hydrogens is 238 g/mol. The Morgan fingerprint density at radius 1 is 1.41 bits per heavy atom. The molecule has 0 unspecified atom stereocenters. The number of benzene rings is 1. The van der Waals surface area contributed by atoms with Gasteiger partial charge in [-0.15, -0.1) is 12.4 Å². The minimum absolute atomic E-state index is 0. The number of hydrogen-bond acceptors (Lipinski definition) is 3. The van der Waals surface area contributed by atoms with Gasteiger partial charge in [0.05, 0.1) is 13.0 Å². The zero-order valence-corrected chi connectivity index (χ0v) is 11.3. The fourth-order valence-electron chi connectivity index (χ4n) is 1.68. The lowest BCUT2D eigenvalue weighted by Gasteiger charge is -2.15. The van der Waals surface area contributed by atoms with Crippen LogP contribution in [0.15, 0.2) is 18.2 Å². The molecule has 2 N–H and O–H groups in total. The van der Waals surface area contributed by atoms with Gasteiger partial charge in [-0.1, -0.05) is 18.2 Å². The van der Waals surface area contributed by atoms with Gasteiger partial charge in [-0.2, -0.15) is 0 Å². The average Bonchev–Trinajstić information content (AvgIpc) is 2.22. The van der Waals surface area contributed by atoms with Gasteiger partial charge in [-0.3, -0.25) is 4.79 Å². The molecule has 0 aromatic heterocycles. The van der Waals surface area contributed by atoms with Crippen LogP contribution in [0, 0.1) is 13.8 Å². The third-order valence-corrected chi connectivity index (χ3v) is 2.74. The molecule has 1 aromatic carbocycles. The van der Waals surface area contributed by atoms with Crippen molar-refractivity contribution >= 4 is 18.4 Å². The SMILES string of the molecule is CCOC(=O)C[C@@H](N)c1cccc(C)c1C.Cl. The van der Waals surface area contributed by atoms with E-state index >= 15 is 0 Å². The lowest BCUT2D eigenvalue weighted by atomic mass is 9.96. The van der Waals surface area contributed by atoms with Gasteiger partial charge in [0.1, 0.15) is 0 Å². The van der Waals surface area contributed by atoms with Crippen molar-refractivity contribution in [3.63, 3.8) is 0 Å². The second-order valence-corrected chi connectivity index (χ2v) is 3.90. The van der Waals surface area contributed by atoms with E-state index in [4.69, 9.17) is 10.5 Å². The number of halogens is 1. The summed E-state index contributed by atoms with van der Waals surface area (Å²) < 4.78 is 4.89. The summed E-state index contributed by atoms with van der Waals surface area (Å²) in [5, 5.41) is 0. The molecule has 4 heteroatoms. The molecule has 17 heavy (non-hydrogen) atoms. The van der Waals surface area contributed by atoms with Gasteiger partial charge < -0.3 is 10.5 Å². The molecule has 0 aliphatic carbocycles. The lowest BCUT2D eigenvalue weighted by Crippen LogP contribution is -2.18. The summed E-state index contributed by atoms with van der Waals surface area (Å²) in [6.07, 6.45) is 0.234. The fraction of sp³-hybridized carbons (Fsp3) is 0.462. The maximum Gasteiger partial charge on any atom is 0.307 e. The molecule has 1 rings (SSSR count). The zero-order valence-electron chi connectivity index (χ0n) is 10.5. The number of hydrogen-bond donors (Lipinski definition) is 1. The number of rotatable bonds is 4. The van der Waals surface area contributed by atoms with Crippen LogP contribution in [-0.2, 0) is 9.53 Å². The number of esters is 1. The first-order chi connectivity index (χ1) is 7.56. The molecule has 0 heterocycles. The Morgan fingerprint density at radius 3 is 2.65 bits per heavy atom. The molecule has 0 spiro atoms. The Kier molecular flexibility index (Phi) is 6.85. The van der Waals surface area contributed by atoms with Gasteiger partial charge in [0.2, 0.25) is 0 Å². The summed E-state index contributed by atoms with van der Waals surface area (Å²) in [7, 11) is 0. The molecule has 0 aliphatic rings. The predicted molar refractivity (Wildman–Crippen MR) is 71.3 cm³/mol. The molecule has 0 saturated heterocycles. The van der Waals surface area contributed by atoms with Crippen LogP contribution in [-0.4, -0.2) is 12.6 Å². The van der Waals surface area contributed by atoms with E-state index in [-0.39, 0.29) is 30.8 Å². The number of ether oxygens (including phenoxy) is 1. The first-order valence-electron chi connectivity index (χ1n) is 5.53. The van der Waals surface area contributed by atoms with Crippen LogP contribution in [0.1, 0.15) is 36.1 Å². The van der Waals surface area contributed by atoms with E-state index in [9.17, 15) is 4.79 Å². The first kappa shape index (κ1) is 15.9. The lowest BCUT2D eigenvalue weighted by molar-refractivity contribution is -0.143. The molecule has 0 radical (unpaired) electrons. The van der Waals surface area contributed by atoms with Crippen molar-refractivity contribution in [2.75, 3.05) is 6.61 Å². The smallest absolute Gasteiger partial charge is 0.307 e. The quantitative estimate of drug-likeness (QED) is 0.844. The Balaban J connectivity index is 0.00000256. The highest BCUT2D eigenvalue weighted by molar-refractivity contribution is 5.85.